The van der Waals surface area contributed by atoms with Gasteiger partial charge in [-0.15, -0.1) is 0 Å². The molecule has 2 aliphatic rings. The fourth-order valence-corrected chi connectivity index (χ4v) is 4.47. The smallest absolute Gasteiger partial charge is 0.303 e. The van der Waals surface area contributed by atoms with E-state index < -0.39 is 11.4 Å². The first-order valence-electron chi connectivity index (χ1n) is 10.4. The molecule has 2 aliphatic heterocycles. The third kappa shape index (κ3) is 4.98. The van der Waals surface area contributed by atoms with Gasteiger partial charge in [-0.05, 0) is 60.4 Å². The van der Waals surface area contributed by atoms with E-state index in [1.165, 1.54) is 5.56 Å². The van der Waals surface area contributed by atoms with Gasteiger partial charge in [-0.1, -0.05) is 20.8 Å². The van der Waals surface area contributed by atoms with Crippen LogP contribution in [0.2, 0.25) is 0 Å². The average Bonchev–Trinajstić information content (AvgIpc) is 2.67. The van der Waals surface area contributed by atoms with E-state index in [1.807, 2.05) is 31.7 Å². The van der Waals surface area contributed by atoms with Crippen molar-refractivity contribution in [1.29, 1.82) is 0 Å². The Morgan fingerprint density at radius 1 is 1.28 bits per heavy atom. The van der Waals surface area contributed by atoms with Crippen LogP contribution in [0.15, 0.2) is 23.2 Å². The lowest BCUT2D eigenvalue weighted by Crippen LogP contribution is -2.48. The van der Waals surface area contributed by atoms with Crippen molar-refractivity contribution in [2.75, 3.05) is 26.7 Å². The van der Waals surface area contributed by atoms with Gasteiger partial charge in [0.25, 0.3) is 0 Å². The van der Waals surface area contributed by atoms with E-state index in [0.29, 0.717) is 19.5 Å². The number of benzene rings is 1. The van der Waals surface area contributed by atoms with Crippen LogP contribution in [0.5, 0.6) is 5.75 Å². The number of carboxylic acids is 1. The fourth-order valence-electron chi connectivity index (χ4n) is 4.47. The Labute approximate surface area is 173 Å². The molecule has 6 heteroatoms. The van der Waals surface area contributed by atoms with Gasteiger partial charge in [0.05, 0.1) is 7.11 Å². The van der Waals surface area contributed by atoms with Crippen molar-refractivity contribution in [1.82, 2.24) is 4.90 Å². The molecule has 0 radical (unpaired) electrons. The predicted molar refractivity (Wildman–Crippen MR) is 113 cm³/mol. The topological polar surface area (TPSA) is 79.2 Å². The summed E-state index contributed by atoms with van der Waals surface area (Å²) in [6, 6.07) is 6.07. The van der Waals surface area contributed by atoms with Crippen LogP contribution in [0.25, 0.3) is 0 Å². The third-order valence-electron chi connectivity index (χ3n) is 6.02. The van der Waals surface area contributed by atoms with Crippen LogP contribution in [0.3, 0.4) is 0 Å². The van der Waals surface area contributed by atoms with Gasteiger partial charge in [-0.3, -0.25) is 14.6 Å². The maximum atomic E-state index is 12.8. The van der Waals surface area contributed by atoms with Gasteiger partial charge < -0.3 is 14.7 Å². The van der Waals surface area contributed by atoms with Crippen molar-refractivity contribution in [3.63, 3.8) is 0 Å². The Hall–Kier alpha value is -2.37. The van der Waals surface area contributed by atoms with E-state index in [4.69, 9.17) is 9.73 Å². The molecule has 2 heterocycles. The third-order valence-corrected chi connectivity index (χ3v) is 6.02. The van der Waals surface area contributed by atoms with E-state index in [-0.39, 0.29) is 24.2 Å². The van der Waals surface area contributed by atoms with Crippen LogP contribution in [0.1, 0.15) is 51.2 Å². The molecule has 1 aromatic rings. The van der Waals surface area contributed by atoms with Crippen molar-refractivity contribution >= 4 is 17.6 Å². The fraction of sp³-hybridized carbons (Fsp3) is 0.609. The minimum Gasteiger partial charge on any atom is -0.497 e. The maximum Gasteiger partial charge on any atom is 0.303 e. The van der Waals surface area contributed by atoms with Gasteiger partial charge in [-0.2, -0.15) is 0 Å². The van der Waals surface area contributed by atoms with Crippen LogP contribution < -0.4 is 4.74 Å². The molecule has 1 saturated heterocycles. The molecule has 0 aliphatic carbocycles. The quantitative estimate of drug-likeness (QED) is 0.821. The summed E-state index contributed by atoms with van der Waals surface area (Å²) in [5, 5.41) is 9.38. The number of fused-ring (bicyclic) bond motifs is 1. The molecule has 0 unspecified atom stereocenters. The number of likely N-dealkylation sites (tertiary alicyclic amines) is 1. The highest BCUT2D eigenvalue weighted by molar-refractivity contribution is 6.03. The number of rotatable bonds is 5. The van der Waals surface area contributed by atoms with Gasteiger partial charge in [0.1, 0.15) is 5.75 Å². The number of hydrogen-bond acceptors (Lipinski definition) is 4. The summed E-state index contributed by atoms with van der Waals surface area (Å²) in [5.74, 6) is 0.354. The highest BCUT2D eigenvalue weighted by Crippen LogP contribution is 2.34. The van der Waals surface area contributed by atoms with Gasteiger partial charge in [0.15, 0.2) is 0 Å². The normalized spacial score (nSPS) is 21.9. The maximum absolute atomic E-state index is 12.8. The van der Waals surface area contributed by atoms with Crippen molar-refractivity contribution in [2.24, 2.45) is 22.2 Å². The Morgan fingerprint density at radius 2 is 2.03 bits per heavy atom. The van der Waals surface area contributed by atoms with Crippen molar-refractivity contribution in [3.8, 4) is 5.75 Å². The van der Waals surface area contributed by atoms with E-state index >= 15 is 0 Å². The molecule has 0 aromatic heterocycles. The number of amides is 1. The number of carbonyl (C=O) groups excluding carboxylic acids is 1. The Morgan fingerprint density at radius 3 is 2.69 bits per heavy atom. The van der Waals surface area contributed by atoms with Crippen LogP contribution in [0, 0.1) is 17.3 Å². The number of ether oxygens (including phenoxy) is 1. The van der Waals surface area contributed by atoms with Crippen LogP contribution in [-0.2, 0) is 16.0 Å². The lowest BCUT2D eigenvalue weighted by molar-refractivity contribution is -0.143. The molecule has 2 atom stereocenters. The molecule has 0 saturated carbocycles. The number of aliphatic imine (C=N–C) groups is 1. The molecule has 1 N–H and O–H groups in total. The van der Waals surface area contributed by atoms with E-state index in [9.17, 15) is 14.7 Å². The zero-order valence-corrected chi connectivity index (χ0v) is 17.9. The molecule has 1 aromatic carbocycles. The van der Waals surface area contributed by atoms with E-state index in [2.05, 4.69) is 12.1 Å². The molecular formula is C23H32N2O4. The largest absolute Gasteiger partial charge is 0.497 e. The number of piperidine rings is 1. The standard InChI is InChI=1S/C23H32N2O4/c1-23(2,3)22(28)25-10-8-15(13-21(26)27)17(14-25)12-20-19-6-5-18(29-4)11-16(19)7-9-24-20/h5-6,11,15,17H,7-10,12-14H2,1-4H3,(H,26,27)/t15-,17-/m0/s1. The summed E-state index contributed by atoms with van der Waals surface area (Å²) < 4.78 is 5.35. The molecule has 1 fully saturated rings. The summed E-state index contributed by atoms with van der Waals surface area (Å²) >= 11 is 0. The molecule has 3 rings (SSSR count). The summed E-state index contributed by atoms with van der Waals surface area (Å²) in [4.78, 5) is 30.9. The van der Waals surface area contributed by atoms with E-state index in [1.54, 1.807) is 7.11 Å². The summed E-state index contributed by atoms with van der Waals surface area (Å²) in [6.07, 6.45) is 2.45. The van der Waals surface area contributed by atoms with Crippen molar-refractivity contribution in [2.45, 2.75) is 46.5 Å². The number of carboxylic acid groups (broad SMARTS) is 1. The molecule has 158 valence electrons. The van der Waals surface area contributed by atoms with Crippen molar-refractivity contribution in [3.05, 3.63) is 29.3 Å². The highest BCUT2D eigenvalue weighted by Gasteiger charge is 2.37. The van der Waals surface area contributed by atoms with Gasteiger partial charge in [-0.25, -0.2) is 0 Å². The molecule has 1 amide bonds. The average molecular weight is 401 g/mol. The number of methoxy groups -OCH3 is 1. The lowest BCUT2D eigenvalue weighted by atomic mass is 9.77. The number of hydrogen-bond donors (Lipinski definition) is 1. The second-order valence-electron chi connectivity index (χ2n) is 9.21. The lowest BCUT2D eigenvalue weighted by Gasteiger charge is -2.41. The molecular weight excluding hydrogens is 368 g/mol. The first-order valence-corrected chi connectivity index (χ1v) is 10.4. The SMILES string of the molecule is COc1ccc2c(c1)CCN=C2C[C@H]1CN(C(=O)C(C)(C)C)CC[C@H]1CC(=O)O. The first kappa shape index (κ1) is 21.3. The Balaban J connectivity index is 1.82. The Bertz CT molecular complexity index is 810. The zero-order valence-electron chi connectivity index (χ0n) is 17.9. The van der Waals surface area contributed by atoms with Gasteiger partial charge in [0.2, 0.25) is 5.91 Å². The van der Waals surface area contributed by atoms with Crippen molar-refractivity contribution < 1.29 is 19.4 Å². The van der Waals surface area contributed by atoms with Crippen LogP contribution >= 0.6 is 0 Å². The van der Waals surface area contributed by atoms with Crippen LogP contribution in [0.4, 0.5) is 0 Å². The summed E-state index contributed by atoms with van der Waals surface area (Å²) in [7, 11) is 1.67. The van der Waals surface area contributed by atoms with Gasteiger partial charge in [0, 0.05) is 37.2 Å². The number of aliphatic carboxylic acids is 1. The molecule has 29 heavy (non-hydrogen) atoms. The van der Waals surface area contributed by atoms with Gasteiger partial charge >= 0.3 is 5.97 Å². The van der Waals surface area contributed by atoms with E-state index in [0.717, 1.165) is 36.4 Å². The molecule has 0 bridgehead atoms. The second kappa shape index (κ2) is 8.56. The molecule has 0 spiro atoms. The summed E-state index contributed by atoms with van der Waals surface area (Å²) in [6.45, 7) is 7.76. The minimum absolute atomic E-state index is 0.0582. The molecule has 6 nitrogen and oxygen atoms in total. The Kier molecular flexibility index (Phi) is 6.30. The number of carbonyl (C=O) groups is 2. The number of nitrogens with zero attached hydrogens (tertiary/aromatic N) is 2. The summed E-state index contributed by atoms with van der Waals surface area (Å²) in [5.41, 5.74) is 2.95. The monoisotopic (exact) mass is 400 g/mol. The highest BCUT2D eigenvalue weighted by atomic mass is 16.5. The first-order chi connectivity index (χ1) is 13.7. The predicted octanol–water partition coefficient (Wildman–Crippen LogP) is 3.42. The zero-order chi connectivity index (χ0) is 21.2. The second-order valence-corrected chi connectivity index (χ2v) is 9.21. The van der Waals surface area contributed by atoms with Crippen LogP contribution in [-0.4, -0.2) is 54.3 Å². The minimum atomic E-state index is -0.772.